The SMILES string of the molecule is Cc1ccc(S(=O)(=O)Nc2ccc(=O)[nH]n2)c(N)c1. The first-order valence-corrected chi connectivity index (χ1v) is 6.81. The van der Waals surface area contributed by atoms with Gasteiger partial charge in [-0.3, -0.25) is 9.52 Å². The van der Waals surface area contributed by atoms with Gasteiger partial charge in [-0.2, -0.15) is 5.10 Å². The lowest BCUT2D eigenvalue weighted by atomic mass is 10.2. The van der Waals surface area contributed by atoms with E-state index in [2.05, 4.69) is 14.9 Å². The van der Waals surface area contributed by atoms with Crippen molar-refractivity contribution in [1.82, 2.24) is 10.2 Å². The highest BCUT2D eigenvalue weighted by atomic mass is 32.2. The average Bonchev–Trinajstić information content (AvgIpc) is 2.31. The monoisotopic (exact) mass is 280 g/mol. The van der Waals surface area contributed by atoms with E-state index in [0.29, 0.717) is 0 Å². The van der Waals surface area contributed by atoms with Crippen molar-refractivity contribution in [1.29, 1.82) is 0 Å². The molecule has 7 nitrogen and oxygen atoms in total. The lowest BCUT2D eigenvalue weighted by Gasteiger charge is -2.09. The zero-order chi connectivity index (χ0) is 14.0. The van der Waals surface area contributed by atoms with Gasteiger partial charge < -0.3 is 5.73 Å². The number of nitrogen functional groups attached to an aromatic ring is 1. The fraction of sp³-hybridized carbons (Fsp3) is 0.0909. The van der Waals surface area contributed by atoms with Crippen LogP contribution in [0.25, 0.3) is 0 Å². The van der Waals surface area contributed by atoms with Crippen LogP contribution < -0.4 is 16.0 Å². The van der Waals surface area contributed by atoms with Crippen molar-refractivity contribution in [2.45, 2.75) is 11.8 Å². The molecular weight excluding hydrogens is 268 g/mol. The molecule has 2 rings (SSSR count). The Balaban J connectivity index is 2.37. The second kappa shape index (κ2) is 4.73. The smallest absolute Gasteiger partial charge is 0.265 e. The summed E-state index contributed by atoms with van der Waals surface area (Å²) in [6.45, 7) is 1.81. The van der Waals surface area contributed by atoms with Gasteiger partial charge in [0.05, 0.1) is 5.69 Å². The molecule has 0 radical (unpaired) electrons. The molecule has 1 heterocycles. The molecule has 8 heteroatoms. The van der Waals surface area contributed by atoms with Crippen molar-refractivity contribution >= 4 is 21.5 Å². The molecular formula is C11H12N4O3S. The Morgan fingerprint density at radius 1 is 1.26 bits per heavy atom. The molecule has 19 heavy (non-hydrogen) atoms. The van der Waals surface area contributed by atoms with Crippen LogP contribution in [0.4, 0.5) is 11.5 Å². The Kier molecular flexibility index (Phi) is 3.26. The maximum absolute atomic E-state index is 12.1. The average molecular weight is 280 g/mol. The van der Waals surface area contributed by atoms with Crippen molar-refractivity contribution in [3.05, 3.63) is 46.2 Å². The van der Waals surface area contributed by atoms with E-state index in [4.69, 9.17) is 5.73 Å². The van der Waals surface area contributed by atoms with E-state index in [9.17, 15) is 13.2 Å². The first-order valence-electron chi connectivity index (χ1n) is 5.33. The van der Waals surface area contributed by atoms with Crippen molar-refractivity contribution < 1.29 is 8.42 Å². The maximum Gasteiger partial charge on any atom is 0.265 e. The molecule has 4 N–H and O–H groups in total. The topological polar surface area (TPSA) is 118 Å². The molecule has 0 bridgehead atoms. The van der Waals surface area contributed by atoms with E-state index < -0.39 is 15.6 Å². The highest BCUT2D eigenvalue weighted by Gasteiger charge is 2.18. The molecule has 0 aliphatic rings. The lowest BCUT2D eigenvalue weighted by molar-refractivity contribution is 0.601. The molecule has 0 aliphatic carbocycles. The summed E-state index contributed by atoms with van der Waals surface area (Å²) in [4.78, 5) is 10.8. The molecule has 0 atom stereocenters. The van der Waals surface area contributed by atoms with Gasteiger partial charge in [0.1, 0.15) is 4.90 Å². The van der Waals surface area contributed by atoms with E-state index in [0.717, 1.165) is 5.56 Å². The third-order valence-corrected chi connectivity index (χ3v) is 3.80. The van der Waals surface area contributed by atoms with Gasteiger partial charge in [-0.15, -0.1) is 0 Å². The van der Waals surface area contributed by atoms with Crippen LogP contribution in [0.15, 0.2) is 40.0 Å². The number of aromatic nitrogens is 2. The van der Waals surface area contributed by atoms with Crippen LogP contribution >= 0.6 is 0 Å². The third-order valence-electron chi connectivity index (χ3n) is 2.37. The number of nitrogens with two attached hydrogens (primary N) is 1. The van der Waals surface area contributed by atoms with Gasteiger partial charge in [-0.1, -0.05) is 6.07 Å². The minimum Gasteiger partial charge on any atom is -0.398 e. The number of H-pyrrole nitrogens is 1. The number of hydrogen-bond acceptors (Lipinski definition) is 5. The number of rotatable bonds is 3. The molecule has 100 valence electrons. The Morgan fingerprint density at radius 3 is 2.58 bits per heavy atom. The Hall–Kier alpha value is -2.35. The van der Waals surface area contributed by atoms with Gasteiger partial charge in [0.2, 0.25) is 0 Å². The number of sulfonamides is 1. The van der Waals surface area contributed by atoms with Crippen LogP contribution in [-0.2, 0) is 10.0 Å². The van der Waals surface area contributed by atoms with Gasteiger partial charge in [-0.25, -0.2) is 13.5 Å². The van der Waals surface area contributed by atoms with E-state index >= 15 is 0 Å². The zero-order valence-electron chi connectivity index (χ0n) is 10.0. The summed E-state index contributed by atoms with van der Waals surface area (Å²) >= 11 is 0. The number of aromatic amines is 1. The number of nitrogens with zero attached hydrogens (tertiary/aromatic N) is 1. The van der Waals surface area contributed by atoms with Crippen LogP contribution in [0.5, 0.6) is 0 Å². The van der Waals surface area contributed by atoms with Crippen molar-refractivity contribution in [2.24, 2.45) is 0 Å². The molecule has 0 amide bonds. The minimum absolute atomic E-state index is 0.0135. The number of benzene rings is 1. The van der Waals surface area contributed by atoms with Gasteiger partial charge in [0, 0.05) is 6.07 Å². The lowest BCUT2D eigenvalue weighted by Crippen LogP contribution is -2.17. The highest BCUT2D eigenvalue weighted by Crippen LogP contribution is 2.21. The van der Waals surface area contributed by atoms with Gasteiger partial charge in [0.15, 0.2) is 5.82 Å². The first kappa shape index (κ1) is 13.1. The van der Waals surface area contributed by atoms with Gasteiger partial charge >= 0.3 is 0 Å². The standard InChI is InChI=1S/C11H12N4O3S/c1-7-2-3-9(8(12)6-7)19(17,18)15-10-4-5-11(16)14-13-10/h2-6H,12H2,1H3,(H,13,15)(H,14,16). The highest BCUT2D eigenvalue weighted by molar-refractivity contribution is 7.92. The van der Waals surface area contributed by atoms with E-state index in [1.54, 1.807) is 12.1 Å². The molecule has 0 fully saturated rings. The fourth-order valence-electron chi connectivity index (χ4n) is 1.51. The molecule has 1 aromatic heterocycles. The molecule has 1 aromatic carbocycles. The summed E-state index contributed by atoms with van der Waals surface area (Å²) in [5.41, 5.74) is 6.28. The zero-order valence-corrected chi connectivity index (χ0v) is 10.9. The molecule has 0 unspecified atom stereocenters. The second-order valence-corrected chi connectivity index (χ2v) is 5.60. The predicted octanol–water partition coefficient (Wildman–Crippen LogP) is 0.461. The predicted molar refractivity (Wildman–Crippen MR) is 71.3 cm³/mol. The summed E-state index contributed by atoms with van der Waals surface area (Å²) in [7, 11) is -3.83. The quantitative estimate of drug-likeness (QED) is 0.706. The first-order chi connectivity index (χ1) is 8.88. The largest absolute Gasteiger partial charge is 0.398 e. The molecule has 0 saturated heterocycles. The summed E-state index contributed by atoms with van der Waals surface area (Å²) in [6.07, 6.45) is 0. The second-order valence-electron chi connectivity index (χ2n) is 3.95. The molecule has 2 aromatic rings. The molecule has 0 saturated carbocycles. The number of hydrogen-bond donors (Lipinski definition) is 3. The Bertz CT molecular complexity index is 747. The summed E-state index contributed by atoms with van der Waals surface area (Å²) in [6, 6.07) is 7.06. The van der Waals surface area contributed by atoms with Crippen LogP contribution in [0.2, 0.25) is 0 Å². The Labute approximate surface area is 109 Å². The number of nitrogens with one attached hydrogen (secondary N) is 2. The van der Waals surface area contributed by atoms with Crippen molar-refractivity contribution in [3.8, 4) is 0 Å². The number of aryl methyl sites for hydroxylation is 1. The third kappa shape index (κ3) is 2.91. The van der Waals surface area contributed by atoms with E-state index in [1.165, 1.54) is 18.2 Å². The van der Waals surface area contributed by atoms with E-state index in [1.807, 2.05) is 6.92 Å². The van der Waals surface area contributed by atoms with Crippen LogP contribution in [-0.4, -0.2) is 18.6 Å². The minimum atomic E-state index is -3.83. The molecule has 0 aliphatic heterocycles. The van der Waals surface area contributed by atoms with Crippen molar-refractivity contribution in [2.75, 3.05) is 10.5 Å². The van der Waals surface area contributed by atoms with E-state index in [-0.39, 0.29) is 16.4 Å². The normalized spacial score (nSPS) is 11.2. The molecule has 0 spiro atoms. The van der Waals surface area contributed by atoms with Crippen LogP contribution in [0.3, 0.4) is 0 Å². The van der Waals surface area contributed by atoms with Crippen LogP contribution in [0, 0.1) is 6.92 Å². The summed E-state index contributed by atoms with van der Waals surface area (Å²) < 4.78 is 26.4. The van der Waals surface area contributed by atoms with Gasteiger partial charge in [0.25, 0.3) is 15.6 Å². The number of anilines is 2. The van der Waals surface area contributed by atoms with Gasteiger partial charge in [-0.05, 0) is 30.7 Å². The summed E-state index contributed by atoms with van der Waals surface area (Å²) in [5, 5.41) is 5.70. The fourth-order valence-corrected chi connectivity index (χ4v) is 2.62. The van der Waals surface area contributed by atoms with Crippen molar-refractivity contribution in [3.63, 3.8) is 0 Å². The van der Waals surface area contributed by atoms with Crippen LogP contribution in [0.1, 0.15) is 5.56 Å². The summed E-state index contributed by atoms with van der Waals surface area (Å²) in [5.74, 6) is 0.0135. The maximum atomic E-state index is 12.1. The Morgan fingerprint density at radius 2 is 2.00 bits per heavy atom.